The summed E-state index contributed by atoms with van der Waals surface area (Å²) < 4.78 is 5.35. The maximum absolute atomic E-state index is 5.88. The molecule has 0 spiro atoms. The van der Waals surface area contributed by atoms with E-state index in [1.165, 1.54) is 25.7 Å². The number of nitrogens with two attached hydrogens (primary N) is 1. The second kappa shape index (κ2) is 7.20. The molecule has 1 aliphatic carbocycles. The van der Waals surface area contributed by atoms with E-state index in [0.717, 1.165) is 32.3 Å². The van der Waals surface area contributed by atoms with Gasteiger partial charge in [0.1, 0.15) is 0 Å². The Morgan fingerprint density at radius 2 is 1.60 bits per heavy atom. The fourth-order valence-electron chi connectivity index (χ4n) is 2.41. The van der Waals surface area contributed by atoms with E-state index in [9.17, 15) is 0 Å². The SMILES string of the molecule is CC.NC1CCC(N2CCOCC2)CC1.[HH]. The Bertz CT molecular complexity index is 155. The van der Waals surface area contributed by atoms with E-state index in [1.807, 2.05) is 13.8 Å². The highest BCUT2D eigenvalue weighted by Gasteiger charge is 2.25. The Labute approximate surface area is 95.4 Å². The maximum atomic E-state index is 5.88. The number of morpholine rings is 1. The van der Waals surface area contributed by atoms with Crippen LogP contribution in [0.25, 0.3) is 0 Å². The van der Waals surface area contributed by atoms with Gasteiger partial charge in [-0.15, -0.1) is 0 Å². The minimum Gasteiger partial charge on any atom is -0.379 e. The highest BCUT2D eigenvalue weighted by Crippen LogP contribution is 2.22. The van der Waals surface area contributed by atoms with E-state index in [0.29, 0.717) is 6.04 Å². The van der Waals surface area contributed by atoms with Gasteiger partial charge in [0.25, 0.3) is 0 Å². The molecule has 1 heterocycles. The van der Waals surface area contributed by atoms with Crippen molar-refractivity contribution in [2.45, 2.75) is 51.6 Å². The lowest BCUT2D eigenvalue weighted by atomic mass is 9.90. The van der Waals surface area contributed by atoms with Crippen molar-refractivity contribution in [3.05, 3.63) is 0 Å². The molecule has 3 nitrogen and oxygen atoms in total. The summed E-state index contributed by atoms with van der Waals surface area (Å²) in [5, 5.41) is 0. The largest absolute Gasteiger partial charge is 0.379 e. The third-order valence-electron chi connectivity index (χ3n) is 3.30. The van der Waals surface area contributed by atoms with Crippen molar-refractivity contribution in [2.24, 2.45) is 5.73 Å². The van der Waals surface area contributed by atoms with Gasteiger partial charge in [-0.3, -0.25) is 4.90 Å². The van der Waals surface area contributed by atoms with Crippen molar-refractivity contribution < 1.29 is 6.16 Å². The molecule has 2 fully saturated rings. The van der Waals surface area contributed by atoms with Crippen molar-refractivity contribution in [3.63, 3.8) is 0 Å². The van der Waals surface area contributed by atoms with Gasteiger partial charge in [-0.05, 0) is 25.7 Å². The normalized spacial score (nSPS) is 33.0. The third kappa shape index (κ3) is 4.09. The van der Waals surface area contributed by atoms with E-state index in [2.05, 4.69) is 4.90 Å². The molecule has 0 aromatic heterocycles. The molecule has 92 valence electrons. The Morgan fingerprint density at radius 3 is 2.13 bits per heavy atom. The van der Waals surface area contributed by atoms with E-state index < -0.39 is 0 Å². The molecule has 0 unspecified atom stereocenters. The van der Waals surface area contributed by atoms with Crippen molar-refractivity contribution in [2.75, 3.05) is 26.3 Å². The van der Waals surface area contributed by atoms with Gasteiger partial charge in [0, 0.05) is 26.6 Å². The molecule has 0 aromatic rings. The third-order valence-corrected chi connectivity index (χ3v) is 3.30. The van der Waals surface area contributed by atoms with E-state index >= 15 is 0 Å². The summed E-state index contributed by atoms with van der Waals surface area (Å²) in [6.07, 6.45) is 5.01. The average Bonchev–Trinajstić information content (AvgIpc) is 2.34. The fraction of sp³-hybridized carbons (Fsp3) is 1.00. The predicted molar refractivity (Wildman–Crippen MR) is 66.1 cm³/mol. The summed E-state index contributed by atoms with van der Waals surface area (Å²) in [5.41, 5.74) is 5.88. The first-order valence-corrected chi connectivity index (χ1v) is 6.43. The first-order chi connectivity index (χ1) is 7.36. The minimum atomic E-state index is 0. The van der Waals surface area contributed by atoms with Crippen LogP contribution in [0.5, 0.6) is 0 Å². The molecule has 0 amide bonds. The zero-order chi connectivity index (χ0) is 11.1. The minimum absolute atomic E-state index is 0. The lowest BCUT2D eigenvalue weighted by molar-refractivity contribution is 0.00749. The van der Waals surface area contributed by atoms with E-state index in [4.69, 9.17) is 10.5 Å². The second-order valence-corrected chi connectivity index (χ2v) is 4.22. The monoisotopic (exact) mass is 216 g/mol. The van der Waals surface area contributed by atoms with Crippen LogP contribution in [0, 0.1) is 0 Å². The van der Waals surface area contributed by atoms with Gasteiger partial charge < -0.3 is 10.5 Å². The van der Waals surface area contributed by atoms with Crippen LogP contribution in [-0.4, -0.2) is 43.3 Å². The molecule has 0 radical (unpaired) electrons. The Morgan fingerprint density at radius 1 is 1.07 bits per heavy atom. The van der Waals surface area contributed by atoms with Gasteiger partial charge in [-0.1, -0.05) is 13.8 Å². The van der Waals surface area contributed by atoms with E-state index in [1.54, 1.807) is 0 Å². The quantitative estimate of drug-likeness (QED) is 0.727. The summed E-state index contributed by atoms with van der Waals surface area (Å²) in [5.74, 6) is 0. The van der Waals surface area contributed by atoms with Crippen LogP contribution in [0.4, 0.5) is 0 Å². The smallest absolute Gasteiger partial charge is 0.0594 e. The van der Waals surface area contributed by atoms with Crippen molar-refractivity contribution in [3.8, 4) is 0 Å². The lowest BCUT2D eigenvalue weighted by Crippen LogP contribution is -2.46. The molecular formula is C12H28N2O. The number of hydrogen-bond acceptors (Lipinski definition) is 3. The van der Waals surface area contributed by atoms with Crippen LogP contribution in [0.15, 0.2) is 0 Å². The van der Waals surface area contributed by atoms with Gasteiger partial charge >= 0.3 is 0 Å². The molecule has 2 rings (SSSR count). The lowest BCUT2D eigenvalue weighted by Gasteiger charge is -2.38. The molecule has 15 heavy (non-hydrogen) atoms. The highest BCUT2D eigenvalue weighted by atomic mass is 16.5. The van der Waals surface area contributed by atoms with Crippen LogP contribution in [0.1, 0.15) is 41.0 Å². The second-order valence-electron chi connectivity index (χ2n) is 4.22. The van der Waals surface area contributed by atoms with Gasteiger partial charge in [-0.2, -0.15) is 0 Å². The van der Waals surface area contributed by atoms with Gasteiger partial charge in [-0.25, -0.2) is 0 Å². The molecule has 2 aliphatic rings. The van der Waals surface area contributed by atoms with Crippen LogP contribution >= 0.6 is 0 Å². The van der Waals surface area contributed by atoms with Crippen molar-refractivity contribution in [1.82, 2.24) is 4.90 Å². The van der Waals surface area contributed by atoms with Gasteiger partial charge in [0.05, 0.1) is 13.2 Å². The predicted octanol–water partition coefficient (Wildman–Crippen LogP) is 1.86. The van der Waals surface area contributed by atoms with Crippen LogP contribution in [0.3, 0.4) is 0 Å². The number of ether oxygens (including phenoxy) is 1. The first-order valence-electron chi connectivity index (χ1n) is 6.43. The summed E-state index contributed by atoms with van der Waals surface area (Å²) in [4.78, 5) is 2.58. The highest BCUT2D eigenvalue weighted by molar-refractivity contribution is 4.81. The summed E-state index contributed by atoms with van der Waals surface area (Å²) in [7, 11) is 0. The van der Waals surface area contributed by atoms with Crippen LogP contribution < -0.4 is 5.73 Å². The standard InChI is InChI=1S/C10H20N2O.C2H6.H2/c11-9-1-3-10(4-2-9)12-5-7-13-8-6-12;1-2;/h9-10H,1-8,11H2;1-2H3;1H. The summed E-state index contributed by atoms with van der Waals surface area (Å²) >= 11 is 0. The van der Waals surface area contributed by atoms with Gasteiger partial charge in [0.2, 0.25) is 0 Å². The van der Waals surface area contributed by atoms with Gasteiger partial charge in [0.15, 0.2) is 0 Å². The van der Waals surface area contributed by atoms with Crippen LogP contribution in [-0.2, 0) is 4.74 Å². The Balaban J connectivity index is 0.000000711. The Hall–Kier alpha value is -0.120. The number of nitrogens with zero attached hydrogens (tertiary/aromatic N) is 1. The van der Waals surface area contributed by atoms with Crippen LogP contribution in [0.2, 0.25) is 0 Å². The molecule has 1 saturated heterocycles. The number of hydrogen-bond donors (Lipinski definition) is 1. The fourth-order valence-corrected chi connectivity index (χ4v) is 2.41. The zero-order valence-corrected chi connectivity index (χ0v) is 10.2. The van der Waals surface area contributed by atoms with Crippen molar-refractivity contribution in [1.29, 1.82) is 0 Å². The van der Waals surface area contributed by atoms with E-state index in [-0.39, 0.29) is 1.43 Å². The molecule has 1 saturated carbocycles. The summed E-state index contributed by atoms with van der Waals surface area (Å²) in [6, 6.07) is 1.26. The number of rotatable bonds is 1. The molecule has 3 heteroatoms. The molecular weight excluding hydrogens is 188 g/mol. The van der Waals surface area contributed by atoms with Crippen molar-refractivity contribution >= 4 is 0 Å². The summed E-state index contributed by atoms with van der Waals surface area (Å²) in [6.45, 7) is 8.09. The molecule has 0 atom stereocenters. The Kier molecular flexibility index (Phi) is 6.22. The first kappa shape index (κ1) is 12.9. The molecule has 2 N–H and O–H groups in total. The average molecular weight is 216 g/mol. The topological polar surface area (TPSA) is 38.5 Å². The molecule has 0 bridgehead atoms. The molecule has 1 aliphatic heterocycles. The molecule has 0 aromatic carbocycles. The maximum Gasteiger partial charge on any atom is 0.0594 e. The zero-order valence-electron chi connectivity index (χ0n) is 10.2.